The Morgan fingerprint density at radius 3 is 2.20 bits per heavy atom. The van der Waals surface area contributed by atoms with E-state index in [1.165, 1.54) is 22.3 Å². The number of hydrogen-bond acceptors (Lipinski definition) is 7. The topological polar surface area (TPSA) is 63.6 Å². The number of nitrogens with zero attached hydrogens (tertiary/aromatic N) is 2. The Hall–Kier alpha value is -4.04. The largest absolute Gasteiger partial charge is 0.497 e. The van der Waals surface area contributed by atoms with E-state index >= 15 is 0 Å². The van der Waals surface area contributed by atoms with Crippen LogP contribution in [0.3, 0.4) is 0 Å². The van der Waals surface area contributed by atoms with Crippen LogP contribution in [0.1, 0.15) is 51.0 Å². The van der Waals surface area contributed by atoms with Crippen molar-refractivity contribution in [1.82, 2.24) is 9.80 Å². The van der Waals surface area contributed by atoms with Gasteiger partial charge in [-0.15, -0.1) is 0 Å². The molecule has 0 aromatic heterocycles. The van der Waals surface area contributed by atoms with Crippen LogP contribution in [0.15, 0.2) is 66.7 Å². The minimum atomic E-state index is -0.0886. The van der Waals surface area contributed by atoms with E-state index in [0.29, 0.717) is 17.2 Å². The molecular formula is C37H40N2O5. The van der Waals surface area contributed by atoms with Gasteiger partial charge in [0, 0.05) is 42.4 Å². The summed E-state index contributed by atoms with van der Waals surface area (Å²) in [6.45, 7) is 1.79. The van der Waals surface area contributed by atoms with Gasteiger partial charge in [-0.1, -0.05) is 18.2 Å². The van der Waals surface area contributed by atoms with Crippen LogP contribution in [-0.4, -0.2) is 56.3 Å². The van der Waals surface area contributed by atoms with E-state index in [1.54, 1.807) is 14.2 Å². The van der Waals surface area contributed by atoms with Gasteiger partial charge in [0.1, 0.15) is 23.0 Å². The number of aliphatic hydroxyl groups is 1. The third kappa shape index (κ3) is 5.30. The lowest BCUT2D eigenvalue weighted by Crippen LogP contribution is -2.34. The van der Waals surface area contributed by atoms with Crippen molar-refractivity contribution in [2.24, 2.45) is 0 Å². The molecule has 8 rings (SSSR count). The van der Waals surface area contributed by atoms with Gasteiger partial charge < -0.3 is 24.1 Å². The summed E-state index contributed by atoms with van der Waals surface area (Å²) >= 11 is 0. The monoisotopic (exact) mass is 592 g/mol. The molecule has 0 aliphatic carbocycles. The van der Waals surface area contributed by atoms with Crippen molar-refractivity contribution in [2.45, 2.75) is 44.4 Å². The van der Waals surface area contributed by atoms with Crippen molar-refractivity contribution in [3.8, 4) is 34.5 Å². The van der Waals surface area contributed by atoms with Gasteiger partial charge in [0.2, 0.25) is 0 Å². The molecule has 4 aliphatic rings. The summed E-state index contributed by atoms with van der Waals surface area (Å²) < 4.78 is 24.8. The molecule has 228 valence electrons. The first-order chi connectivity index (χ1) is 21.4. The smallest absolute Gasteiger partial charge is 0.169 e. The van der Waals surface area contributed by atoms with Crippen LogP contribution in [-0.2, 0) is 32.3 Å². The number of rotatable bonds is 3. The Bertz CT molecular complexity index is 1680. The molecule has 0 saturated carbocycles. The summed E-state index contributed by atoms with van der Waals surface area (Å²) in [5.74, 6) is 4.42. The van der Waals surface area contributed by atoms with Crippen LogP contribution in [0.25, 0.3) is 0 Å². The van der Waals surface area contributed by atoms with E-state index in [-0.39, 0.29) is 18.7 Å². The summed E-state index contributed by atoms with van der Waals surface area (Å²) in [6.07, 6.45) is 3.44. The molecule has 7 heteroatoms. The Labute approximate surface area is 259 Å². The molecule has 0 saturated heterocycles. The third-order valence-corrected chi connectivity index (χ3v) is 9.61. The number of likely N-dealkylation sites (N-methyl/N-ethyl adjacent to an activating group) is 2. The average Bonchev–Trinajstić information content (AvgIpc) is 3.04. The first kappa shape index (κ1) is 28.7. The van der Waals surface area contributed by atoms with Gasteiger partial charge in [-0.25, -0.2) is 0 Å². The van der Waals surface area contributed by atoms with Gasteiger partial charge in [0.25, 0.3) is 0 Å². The van der Waals surface area contributed by atoms with Gasteiger partial charge in [0.05, 0.1) is 20.8 Å². The van der Waals surface area contributed by atoms with Crippen molar-refractivity contribution >= 4 is 0 Å². The molecule has 7 nitrogen and oxygen atoms in total. The number of benzene rings is 4. The van der Waals surface area contributed by atoms with Gasteiger partial charge in [0.15, 0.2) is 11.5 Å². The summed E-state index contributed by atoms with van der Waals surface area (Å²) in [7, 11) is 7.74. The number of fused-ring (bicyclic) bond motifs is 2. The molecule has 4 aliphatic heterocycles. The fourth-order valence-corrected chi connectivity index (χ4v) is 7.08. The second kappa shape index (κ2) is 11.8. The Morgan fingerprint density at radius 2 is 1.45 bits per heavy atom. The van der Waals surface area contributed by atoms with Crippen LogP contribution < -0.4 is 18.9 Å². The molecule has 4 heterocycles. The van der Waals surface area contributed by atoms with Crippen molar-refractivity contribution in [3.05, 3.63) is 106 Å². The van der Waals surface area contributed by atoms with Crippen LogP contribution in [0.4, 0.5) is 0 Å². The molecule has 0 fully saturated rings. The molecule has 6 bridgehead atoms. The molecule has 4 aromatic rings. The minimum Gasteiger partial charge on any atom is -0.497 e. The number of hydrogen-bond donors (Lipinski definition) is 1. The van der Waals surface area contributed by atoms with Crippen molar-refractivity contribution < 1.29 is 24.1 Å². The maximum atomic E-state index is 10.5. The Kier molecular flexibility index (Phi) is 7.70. The number of ether oxygens (including phenoxy) is 4. The maximum Gasteiger partial charge on any atom is 0.169 e. The highest BCUT2D eigenvalue weighted by Crippen LogP contribution is 2.45. The average molecular weight is 593 g/mol. The van der Waals surface area contributed by atoms with E-state index in [1.807, 2.05) is 24.3 Å². The predicted molar refractivity (Wildman–Crippen MR) is 171 cm³/mol. The lowest BCUT2D eigenvalue weighted by molar-refractivity contribution is 0.222. The van der Waals surface area contributed by atoms with Crippen molar-refractivity contribution in [3.63, 3.8) is 0 Å². The second-order valence-corrected chi connectivity index (χ2v) is 12.2. The van der Waals surface area contributed by atoms with Crippen LogP contribution >= 0.6 is 0 Å². The van der Waals surface area contributed by atoms with E-state index in [0.717, 1.165) is 72.7 Å². The predicted octanol–water partition coefficient (Wildman–Crippen LogP) is 6.64. The van der Waals surface area contributed by atoms with E-state index in [2.05, 4.69) is 66.4 Å². The van der Waals surface area contributed by atoms with Crippen LogP contribution in [0, 0.1) is 0 Å². The lowest BCUT2D eigenvalue weighted by atomic mass is 9.87. The van der Waals surface area contributed by atoms with Gasteiger partial charge in [-0.2, -0.15) is 0 Å². The SMILES string of the molecule is COc1cc2c3c(c1)Oc1cc4c(cc1CO)CCN(C)[C@H]4Cc1ccc(cc1)Oc1cc(ccc1OC)C[C@@H]3N(C)CC2. The van der Waals surface area contributed by atoms with Crippen molar-refractivity contribution in [2.75, 3.05) is 41.4 Å². The highest BCUT2D eigenvalue weighted by Gasteiger charge is 2.32. The summed E-state index contributed by atoms with van der Waals surface area (Å²) in [6, 6.07) is 23.3. The normalized spacial score (nSPS) is 19.7. The summed E-state index contributed by atoms with van der Waals surface area (Å²) in [5, 5.41) is 10.5. The van der Waals surface area contributed by atoms with Gasteiger partial charge in [-0.3, -0.25) is 9.80 Å². The molecule has 1 N–H and O–H groups in total. The molecular weight excluding hydrogens is 552 g/mol. The fraction of sp³-hybridized carbons (Fsp3) is 0.351. The fourth-order valence-electron chi connectivity index (χ4n) is 7.08. The van der Waals surface area contributed by atoms with Gasteiger partial charge >= 0.3 is 0 Å². The first-order valence-corrected chi connectivity index (χ1v) is 15.4. The van der Waals surface area contributed by atoms with Gasteiger partial charge in [-0.05, 0) is 110 Å². The maximum absolute atomic E-state index is 10.5. The van der Waals surface area contributed by atoms with Crippen LogP contribution in [0.2, 0.25) is 0 Å². The number of methoxy groups -OCH3 is 2. The molecule has 0 unspecified atom stereocenters. The summed E-state index contributed by atoms with van der Waals surface area (Å²) in [5.41, 5.74) is 8.07. The molecule has 0 spiro atoms. The quantitative estimate of drug-likeness (QED) is 0.286. The van der Waals surface area contributed by atoms with E-state index < -0.39 is 0 Å². The van der Waals surface area contributed by atoms with E-state index in [4.69, 9.17) is 18.9 Å². The zero-order chi connectivity index (χ0) is 30.4. The van der Waals surface area contributed by atoms with Crippen LogP contribution in [0.5, 0.6) is 34.5 Å². The molecule has 44 heavy (non-hydrogen) atoms. The Balaban J connectivity index is 1.43. The summed E-state index contributed by atoms with van der Waals surface area (Å²) in [4.78, 5) is 4.82. The molecule has 4 aromatic carbocycles. The Morgan fingerprint density at radius 1 is 0.727 bits per heavy atom. The molecule has 0 amide bonds. The highest BCUT2D eigenvalue weighted by atomic mass is 16.5. The number of aliphatic hydroxyl groups excluding tert-OH is 1. The molecule has 2 atom stereocenters. The highest BCUT2D eigenvalue weighted by molar-refractivity contribution is 5.55. The first-order valence-electron chi connectivity index (χ1n) is 15.4. The molecule has 0 radical (unpaired) electrons. The van der Waals surface area contributed by atoms with Crippen molar-refractivity contribution in [1.29, 1.82) is 0 Å². The standard InChI is InChI=1S/C37H40N2O5/c1-38-13-11-25-18-27(22-40)34-21-30(25)31(38)15-23-5-8-28(9-6-23)43-35-17-24(7-10-33(35)42-4)16-32-37-26(12-14-39(32)2)19-29(41-3)20-36(37)44-34/h5-10,17-21,31-32,40H,11-16,22H2,1-4H3/t31-,32-/m0/s1. The van der Waals surface area contributed by atoms with E-state index in [9.17, 15) is 5.11 Å². The second-order valence-electron chi connectivity index (χ2n) is 12.2. The minimum absolute atomic E-state index is 0.0631. The third-order valence-electron chi connectivity index (χ3n) is 9.61. The zero-order valence-corrected chi connectivity index (χ0v) is 25.9. The zero-order valence-electron chi connectivity index (χ0n) is 25.9. The lowest BCUT2D eigenvalue weighted by Gasteiger charge is -2.37.